The summed E-state index contributed by atoms with van der Waals surface area (Å²) in [4.78, 5) is 16.4. The van der Waals surface area contributed by atoms with E-state index in [0.717, 1.165) is 10.9 Å². The Bertz CT molecular complexity index is 617. The number of carbonyl (C=O) groups is 1. The monoisotopic (exact) mass is 327 g/mol. The van der Waals surface area contributed by atoms with Gasteiger partial charge in [-0.05, 0) is 30.9 Å². The van der Waals surface area contributed by atoms with Crippen molar-refractivity contribution in [3.63, 3.8) is 0 Å². The molecule has 1 aromatic carbocycles. The molecular weight excluding hydrogens is 309 g/mol. The van der Waals surface area contributed by atoms with E-state index >= 15 is 0 Å². The molecule has 1 unspecified atom stereocenters. The van der Waals surface area contributed by atoms with Gasteiger partial charge >= 0.3 is 0 Å². The van der Waals surface area contributed by atoms with Crippen LogP contribution in [0.3, 0.4) is 0 Å². The van der Waals surface area contributed by atoms with E-state index in [1.807, 2.05) is 30.3 Å². The summed E-state index contributed by atoms with van der Waals surface area (Å²) in [5.74, 6) is 0.437. The number of nitrogens with two attached hydrogens (primary N) is 1. The van der Waals surface area contributed by atoms with E-state index in [0.29, 0.717) is 18.2 Å². The fraction of sp³-hybridized carbons (Fsp3) is 0.333. The van der Waals surface area contributed by atoms with Gasteiger partial charge in [0.15, 0.2) is 0 Å². The van der Waals surface area contributed by atoms with E-state index in [1.165, 1.54) is 12.8 Å². The Labute approximate surface area is 136 Å². The molecule has 6 heteroatoms. The van der Waals surface area contributed by atoms with Gasteiger partial charge in [-0.25, -0.2) is 4.98 Å². The fourth-order valence-electron chi connectivity index (χ4n) is 2.18. The Morgan fingerprint density at radius 1 is 1.24 bits per heavy atom. The molecule has 0 radical (unpaired) electrons. The first kappa shape index (κ1) is 17.7. The van der Waals surface area contributed by atoms with Crippen LogP contribution in [0.4, 0.5) is 0 Å². The molecule has 114 valence electrons. The van der Waals surface area contributed by atoms with Crippen LogP contribution in [0.25, 0.3) is 10.9 Å². The second-order valence-electron chi connectivity index (χ2n) is 5.10. The van der Waals surface area contributed by atoms with E-state index < -0.39 is 0 Å². The maximum atomic E-state index is 12.0. The Morgan fingerprint density at radius 3 is 2.67 bits per heavy atom. The minimum absolute atomic E-state index is 0. The van der Waals surface area contributed by atoms with E-state index in [9.17, 15) is 4.79 Å². The van der Waals surface area contributed by atoms with Gasteiger partial charge in [-0.1, -0.05) is 24.3 Å². The standard InChI is InChI=1S/C15H17N3O.2ClH/c16-12(10-5-6-10)9-17-15(19)14-8-7-11-3-1-2-4-13(11)18-14;;/h1-4,7-8,10,12H,5-6,9,16H2,(H,17,19);2*1H. The van der Waals surface area contributed by atoms with Crippen molar-refractivity contribution in [2.75, 3.05) is 6.54 Å². The topological polar surface area (TPSA) is 68.0 Å². The van der Waals surface area contributed by atoms with Gasteiger partial charge in [0.2, 0.25) is 0 Å². The summed E-state index contributed by atoms with van der Waals surface area (Å²) in [5, 5.41) is 3.89. The lowest BCUT2D eigenvalue weighted by Crippen LogP contribution is -2.38. The molecule has 1 aliphatic carbocycles. The van der Waals surface area contributed by atoms with Crippen LogP contribution in [0.15, 0.2) is 36.4 Å². The van der Waals surface area contributed by atoms with Gasteiger partial charge in [0.25, 0.3) is 5.91 Å². The number of hydrogen-bond donors (Lipinski definition) is 2. The van der Waals surface area contributed by atoms with Crippen molar-refractivity contribution in [1.29, 1.82) is 0 Å². The van der Waals surface area contributed by atoms with Gasteiger partial charge < -0.3 is 11.1 Å². The number of fused-ring (bicyclic) bond motifs is 1. The predicted molar refractivity (Wildman–Crippen MR) is 89.3 cm³/mol. The Kier molecular flexibility index (Phi) is 6.40. The van der Waals surface area contributed by atoms with Crippen LogP contribution in [-0.2, 0) is 0 Å². The van der Waals surface area contributed by atoms with Crippen LogP contribution in [-0.4, -0.2) is 23.5 Å². The molecule has 3 rings (SSSR count). The van der Waals surface area contributed by atoms with Gasteiger partial charge in [-0.2, -0.15) is 0 Å². The highest BCUT2D eigenvalue weighted by atomic mass is 35.5. The minimum Gasteiger partial charge on any atom is -0.349 e. The number of carbonyl (C=O) groups excluding carboxylic acids is 1. The molecule has 21 heavy (non-hydrogen) atoms. The zero-order chi connectivity index (χ0) is 13.2. The second-order valence-corrected chi connectivity index (χ2v) is 5.10. The molecule has 1 heterocycles. The molecule has 1 aliphatic rings. The number of halogens is 2. The highest BCUT2D eigenvalue weighted by molar-refractivity contribution is 5.94. The maximum Gasteiger partial charge on any atom is 0.269 e. The molecule has 0 aliphatic heterocycles. The minimum atomic E-state index is -0.151. The quantitative estimate of drug-likeness (QED) is 0.906. The number of benzene rings is 1. The van der Waals surface area contributed by atoms with Crippen LogP contribution in [0.1, 0.15) is 23.3 Å². The number of nitrogens with one attached hydrogen (secondary N) is 1. The molecule has 0 spiro atoms. The zero-order valence-electron chi connectivity index (χ0n) is 11.5. The normalized spacial score (nSPS) is 14.7. The number of aromatic nitrogens is 1. The van der Waals surface area contributed by atoms with Crippen LogP contribution in [0.5, 0.6) is 0 Å². The van der Waals surface area contributed by atoms with Crippen molar-refractivity contribution in [2.45, 2.75) is 18.9 Å². The smallest absolute Gasteiger partial charge is 0.269 e. The molecule has 1 amide bonds. The Hall–Kier alpha value is -1.36. The third-order valence-electron chi connectivity index (χ3n) is 3.56. The van der Waals surface area contributed by atoms with Crippen LogP contribution < -0.4 is 11.1 Å². The lowest BCUT2D eigenvalue weighted by Gasteiger charge is -2.11. The molecule has 2 aromatic rings. The summed E-state index contributed by atoms with van der Waals surface area (Å²) in [6.07, 6.45) is 2.37. The molecule has 1 saturated carbocycles. The molecule has 1 fully saturated rings. The first-order chi connectivity index (χ1) is 9.24. The van der Waals surface area contributed by atoms with Gasteiger partial charge in [-0.15, -0.1) is 24.8 Å². The van der Waals surface area contributed by atoms with E-state index in [-0.39, 0.29) is 36.8 Å². The molecular formula is C15H19Cl2N3O. The van der Waals surface area contributed by atoms with E-state index in [2.05, 4.69) is 10.3 Å². The molecule has 0 saturated heterocycles. The lowest BCUT2D eigenvalue weighted by atomic mass is 10.2. The largest absolute Gasteiger partial charge is 0.349 e. The Morgan fingerprint density at radius 2 is 1.95 bits per heavy atom. The first-order valence-electron chi connectivity index (χ1n) is 6.63. The predicted octanol–water partition coefficient (Wildman–Crippen LogP) is 2.55. The number of para-hydroxylation sites is 1. The molecule has 1 atom stereocenters. The third-order valence-corrected chi connectivity index (χ3v) is 3.56. The number of nitrogens with zero attached hydrogens (tertiary/aromatic N) is 1. The summed E-state index contributed by atoms with van der Waals surface area (Å²) in [6, 6.07) is 11.5. The van der Waals surface area contributed by atoms with Crippen LogP contribution >= 0.6 is 24.8 Å². The van der Waals surface area contributed by atoms with Gasteiger partial charge in [0, 0.05) is 18.0 Å². The van der Waals surface area contributed by atoms with Crippen molar-refractivity contribution in [1.82, 2.24) is 10.3 Å². The zero-order valence-corrected chi connectivity index (χ0v) is 13.1. The van der Waals surface area contributed by atoms with Gasteiger partial charge in [-0.3, -0.25) is 4.79 Å². The van der Waals surface area contributed by atoms with Crippen molar-refractivity contribution in [3.8, 4) is 0 Å². The van der Waals surface area contributed by atoms with Crippen LogP contribution in [0, 0.1) is 5.92 Å². The summed E-state index contributed by atoms with van der Waals surface area (Å²) < 4.78 is 0. The summed E-state index contributed by atoms with van der Waals surface area (Å²) in [6.45, 7) is 0.526. The van der Waals surface area contributed by atoms with Crippen molar-refractivity contribution in [3.05, 3.63) is 42.1 Å². The van der Waals surface area contributed by atoms with Crippen LogP contribution in [0.2, 0.25) is 0 Å². The highest BCUT2D eigenvalue weighted by Crippen LogP contribution is 2.31. The highest BCUT2D eigenvalue weighted by Gasteiger charge is 2.28. The molecule has 3 N–H and O–H groups in total. The number of hydrogen-bond acceptors (Lipinski definition) is 3. The summed E-state index contributed by atoms with van der Waals surface area (Å²) in [7, 11) is 0. The third kappa shape index (κ3) is 4.30. The number of amides is 1. The van der Waals surface area contributed by atoms with Crippen molar-refractivity contribution < 1.29 is 4.79 Å². The first-order valence-corrected chi connectivity index (χ1v) is 6.63. The van der Waals surface area contributed by atoms with E-state index in [4.69, 9.17) is 5.73 Å². The number of rotatable bonds is 4. The molecule has 4 nitrogen and oxygen atoms in total. The molecule has 1 aromatic heterocycles. The Balaban J connectivity index is 0.00000110. The number of pyridine rings is 1. The second kappa shape index (κ2) is 7.59. The van der Waals surface area contributed by atoms with Crippen molar-refractivity contribution in [2.24, 2.45) is 11.7 Å². The summed E-state index contributed by atoms with van der Waals surface area (Å²) in [5.41, 5.74) is 7.24. The SMILES string of the molecule is Cl.Cl.NC(CNC(=O)c1ccc2ccccc2n1)C1CC1. The summed E-state index contributed by atoms with van der Waals surface area (Å²) >= 11 is 0. The van der Waals surface area contributed by atoms with Gasteiger partial charge in [0.1, 0.15) is 5.69 Å². The van der Waals surface area contributed by atoms with Gasteiger partial charge in [0.05, 0.1) is 5.52 Å². The van der Waals surface area contributed by atoms with Crippen molar-refractivity contribution >= 4 is 41.6 Å². The molecule has 0 bridgehead atoms. The average Bonchev–Trinajstić information content (AvgIpc) is 3.28. The van der Waals surface area contributed by atoms with E-state index in [1.54, 1.807) is 6.07 Å². The fourth-order valence-corrected chi connectivity index (χ4v) is 2.18. The maximum absolute atomic E-state index is 12.0. The average molecular weight is 328 g/mol. The lowest BCUT2D eigenvalue weighted by molar-refractivity contribution is 0.0945.